The maximum atomic E-state index is 11.9. The maximum absolute atomic E-state index is 11.9. The Balaban J connectivity index is 4.27. The van der Waals surface area contributed by atoms with Crippen LogP contribution in [0.3, 0.4) is 0 Å². The number of ether oxygens (including phenoxy) is 1. The Hall–Kier alpha value is -1.39. The first kappa shape index (κ1) is 26.6. The highest BCUT2D eigenvalue weighted by molar-refractivity contribution is 5.78. The van der Waals surface area contributed by atoms with Gasteiger partial charge in [-0.2, -0.15) is 0 Å². The van der Waals surface area contributed by atoms with Gasteiger partial charge >= 0.3 is 11.9 Å². The molecule has 5 heteroatoms. The normalized spacial score (nSPS) is 13.3. The summed E-state index contributed by atoms with van der Waals surface area (Å²) in [4.78, 5) is 34.4. The lowest BCUT2D eigenvalue weighted by molar-refractivity contribution is -0.153. The summed E-state index contributed by atoms with van der Waals surface area (Å²) in [5.74, 6) is -0.692. The summed E-state index contributed by atoms with van der Waals surface area (Å²) in [6, 6.07) is 0. The molecule has 164 valence electrons. The molecule has 1 N–H and O–H groups in total. The SMILES string of the molecule is CCCCCC(CCCC(CCCCCCC(=O)O)C(C)=O)OC(=O)C(C)C. The molecule has 0 fully saturated rings. The van der Waals surface area contributed by atoms with Crippen molar-refractivity contribution >= 4 is 17.7 Å². The van der Waals surface area contributed by atoms with E-state index in [1.807, 2.05) is 13.8 Å². The fourth-order valence-corrected chi connectivity index (χ4v) is 3.35. The van der Waals surface area contributed by atoms with E-state index in [9.17, 15) is 14.4 Å². The predicted molar refractivity (Wildman–Crippen MR) is 112 cm³/mol. The van der Waals surface area contributed by atoms with Gasteiger partial charge < -0.3 is 9.84 Å². The summed E-state index contributed by atoms with van der Waals surface area (Å²) in [6.45, 7) is 7.53. The molecule has 0 heterocycles. The van der Waals surface area contributed by atoms with Crippen molar-refractivity contribution in [1.82, 2.24) is 0 Å². The first-order valence-electron chi connectivity index (χ1n) is 11.2. The Labute approximate surface area is 171 Å². The summed E-state index contributed by atoms with van der Waals surface area (Å²) < 4.78 is 5.67. The Kier molecular flexibility index (Phi) is 15.7. The fourth-order valence-electron chi connectivity index (χ4n) is 3.35. The van der Waals surface area contributed by atoms with Crippen LogP contribution >= 0.6 is 0 Å². The quantitative estimate of drug-likeness (QED) is 0.228. The zero-order chi connectivity index (χ0) is 21.4. The largest absolute Gasteiger partial charge is 0.481 e. The zero-order valence-electron chi connectivity index (χ0n) is 18.5. The molecule has 0 aromatic heterocycles. The third kappa shape index (κ3) is 14.6. The van der Waals surface area contributed by atoms with E-state index < -0.39 is 5.97 Å². The van der Waals surface area contributed by atoms with E-state index in [4.69, 9.17) is 9.84 Å². The summed E-state index contributed by atoms with van der Waals surface area (Å²) in [7, 11) is 0. The second-order valence-electron chi connectivity index (χ2n) is 8.29. The molecular weight excluding hydrogens is 356 g/mol. The highest BCUT2D eigenvalue weighted by Gasteiger charge is 2.19. The molecule has 5 nitrogen and oxygen atoms in total. The second-order valence-corrected chi connectivity index (χ2v) is 8.29. The summed E-state index contributed by atoms with van der Waals surface area (Å²) >= 11 is 0. The van der Waals surface area contributed by atoms with Gasteiger partial charge in [0.25, 0.3) is 0 Å². The number of hydrogen-bond acceptors (Lipinski definition) is 4. The van der Waals surface area contributed by atoms with Gasteiger partial charge in [-0.25, -0.2) is 0 Å². The van der Waals surface area contributed by atoms with Gasteiger partial charge in [0.1, 0.15) is 11.9 Å². The minimum Gasteiger partial charge on any atom is -0.481 e. The van der Waals surface area contributed by atoms with Gasteiger partial charge in [-0.05, 0) is 51.9 Å². The van der Waals surface area contributed by atoms with E-state index >= 15 is 0 Å². The Morgan fingerprint density at radius 3 is 1.96 bits per heavy atom. The van der Waals surface area contributed by atoms with Crippen LogP contribution in [-0.4, -0.2) is 28.9 Å². The lowest BCUT2D eigenvalue weighted by Gasteiger charge is -2.20. The van der Waals surface area contributed by atoms with Gasteiger partial charge in [-0.3, -0.25) is 14.4 Å². The first-order valence-corrected chi connectivity index (χ1v) is 11.2. The minimum absolute atomic E-state index is 0.0370. The molecule has 0 aliphatic rings. The van der Waals surface area contributed by atoms with E-state index in [1.54, 1.807) is 6.92 Å². The average molecular weight is 399 g/mol. The molecule has 2 atom stereocenters. The van der Waals surface area contributed by atoms with Crippen molar-refractivity contribution in [3.8, 4) is 0 Å². The van der Waals surface area contributed by atoms with Crippen LogP contribution in [0.2, 0.25) is 0 Å². The van der Waals surface area contributed by atoms with Crippen molar-refractivity contribution in [3.05, 3.63) is 0 Å². The van der Waals surface area contributed by atoms with Crippen molar-refractivity contribution in [2.24, 2.45) is 11.8 Å². The standard InChI is InChI=1S/C23H42O5/c1-5-6-9-15-21(28-23(27)18(2)3)16-12-14-20(19(4)24)13-10-7-8-11-17-22(25)26/h18,20-21H,5-17H2,1-4H3,(H,25,26). The van der Waals surface area contributed by atoms with Crippen LogP contribution in [0.4, 0.5) is 0 Å². The average Bonchev–Trinajstić information content (AvgIpc) is 2.62. The van der Waals surface area contributed by atoms with Crippen LogP contribution in [0.15, 0.2) is 0 Å². The molecule has 2 unspecified atom stereocenters. The molecule has 0 rings (SSSR count). The Bertz CT molecular complexity index is 444. The van der Waals surface area contributed by atoms with Gasteiger partial charge in [0.15, 0.2) is 0 Å². The van der Waals surface area contributed by atoms with E-state index in [2.05, 4.69) is 6.92 Å². The second kappa shape index (κ2) is 16.6. The first-order chi connectivity index (χ1) is 13.3. The molecule has 0 bridgehead atoms. The number of carboxylic acid groups (broad SMARTS) is 1. The number of aliphatic carboxylic acids is 1. The lowest BCUT2D eigenvalue weighted by Crippen LogP contribution is -2.22. The van der Waals surface area contributed by atoms with Gasteiger partial charge in [0, 0.05) is 12.3 Å². The zero-order valence-corrected chi connectivity index (χ0v) is 18.5. The molecule has 28 heavy (non-hydrogen) atoms. The van der Waals surface area contributed by atoms with E-state index in [-0.39, 0.29) is 36.1 Å². The summed E-state index contributed by atoms with van der Waals surface area (Å²) in [5, 5.41) is 8.65. The van der Waals surface area contributed by atoms with Gasteiger partial charge in [0.05, 0.1) is 5.92 Å². The molecule has 0 saturated carbocycles. The number of unbranched alkanes of at least 4 members (excludes halogenated alkanes) is 5. The molecule has 0 spiro atoms. The fraction of sp³-hybridized carbons (Fsp3) is 0.870. The van der Waals surface area contributed by atoms with Crippen LogP contribution in [0.5, 0.6) is 0 Å². The van der Waals surface area contributed by atoms with Crippen molar-refractivity contribution in [3.63, 3.8) is 0 Å². The van der Waals surface area contributed by atoms with Gasteiger partial charge in [-0.1, -0.05) is 52.9 Å². The monoisotopic (exact) mass is 398 g/mol. The number of carbonyl (C=O) groups is 3. The summed E-state index contributed by atoms with van der Waals surface area (Å²) in [6.07, 6.45) is 11.4. The molecule has 0 aromatic carbocycles. The number of ketones is 1. The number of carboxylic acids is 1. The third-order valence-electron chi connectivity index (χ3n) is 5.23. The van der Waals surface area contributed by atoms with Crippen molar-refractivity contribution < 1.29 is 24.2 Å². The summed E-state index contributed by atoms with van der Waals surface area (Å²) in [5.41, 5.74) is 0. The van der Waals surface area contributed by atoms with Crippen LogP contribution in [0.1, 0.15) is 111 Å². The van der Waals surface area contributed by atoms with Crippen LogP contribution < -0.4 is 0 Å². The Morgan fingerprint density at radius 2 is 1.39 bits per heavy atom. The number of carbonyl (C=O) groups excluding carboxylic acids is 2. The highest BCUT2D eigenvalue weighted by atomic mass is 16.5. The van der Waals surface area contributed by atoms with Crippen molar-refractivity contribution in [2.75, 3.05) is 0 Å². The van der Waals surface area contributed by atoms with E-state index in [0.717, 1.165) is 70.6 Å². The number of rotatable bonds is 18. The maximum Gasteiger partial charge on any atom is 0.308 e. The molecule has 0 aliphatic heterocycles. The van der Waals surface area contributed by atoms with Crippen LogP contribution in [0.25, 0.3) is 0 Å². The topological polar surface area (TPSA) is 80.7 Å². The number of hydrogen-bond donors (Lipinski definition) is 1. The van der Waals surface area contributed by atoms with E-state index in [0.29, 0.717) is 6.42 Å². The molecule has 0 amide bonds. The highest BCUT2D eigenvalue weighted by Crippen LogP contribution is 2.22. The smallest absolute Gasteiger partial charge is 0.308 e. The van der Waals surface area contributed by atoms with E-state index in [1.165, 1.54) is 0 Å². The number of Topliss-reactive ketones (excluding diaryl/α,β-unsaturated/α-hetero) is 1. The van der Waals surface area contributed by atoms with Crippen molar-refractivity contribution in [1.29, 1.82) is 0 Å². The third-order valence-corrected chi connectivity index (χ3v) is 5.23. The van der Waals surface area contributed by atoms with Gasteiger partial charge in [0.2, 0.25) is 0 Å². The molecule has 0 radical (unpaired) electrons. The van der Waals surface area contributed by atoms with Crippen LogP contribution in [-0.2, 0) is 19.1 Å². The van der Waals surface area contributed by atoms with Crippen LogP contribution in [0, 0.1) is 11.8 Å². The lowest BCUT2D eigenvalue weighted by atomic mass is 9.91. The molecular formula is C23H42O5. The minimum atomic E-state index is -0.742. The molecule has 0 aliphatic carbocycles. The van der Waals surface area contributed by atoms with Gasteiger partial charge in [-0.15, -0.1) is 0 Å². The van der Waals surface area contributed by atoms with Crippen molar-refractivity contribution in [2.45, 2.75) is 117 Å². The molecule has 0 saturated heterocycles. The Morgan fingerprint density at radius 1 is 0.821 bits per heavy atom. The molecule has 0 aromatic rings. The number of esters is 1. The predicted octanol–water partition coefficient (Wildman–Crippen LogP) is 5.94.